The largest absolute Gasteiger partial charge is 0.494 e. The number of esters is 1. The Bertz CT molecular complexity index is 454. The van der Waals surface area contributed by atoms with E-state index in [4.69, 9.17) is 4.74 Å². The highest BCUT2D eigenvalue weighted by atomic mass is 16.5. The average molecular weight is 262 g/mol. The van der Waals surface area contributed by atoms with Crippen molar-refractivity contribution in [2.24, 2.45) is 4.99 Å². The maximum atomic E-state index is 10.9. The molecule has 0 radical (unpaired) electrons. The molecule has 1 heterocycles. The number of carbonyl (C=O) groups is 1. The van der Waals surface area contributed by atoms with Crippen molar-refractivity contribution in [1.82, 2.24) is 5.32 Å². The number of benzene rings is 1. The SMILES string of the molecule is COC(=O)CCCOc1ccc(C2=NCCN2)cc1. The highest BCUT2D eigenvalue weighted by Crippen LogP contribution is 2.13. The van der Waals surface area contributed by atoms with Crippen LogP contribution in [0, 0.1) is 0 Å². The Morgan fingerprint density at radius 2 is 2.16 bits per heavy atom. The first-order chi connectivity index (χ1) is 9.29. The van der Waals surface area contributed by atoms with Crippen LogP contribution >= 0.6 is 0 Å². The van der Waals surface area contributed by atoms with Crippen LogP contribution in [0.4, 0.5) is 0 Å². The third-order valence-corrected chi connectivity index (χ3v) is 2.82. The molecule has 0 saturated heterocycles. The Morgan fingerprint density at radius 1 is 1.37 bits per heavy atom. The Labute approximate surface area is 112 Å². The summed E-state index contributed by atoms with van der Waals surface area (Å²) < 4.78 is 10.1. The minimum atomic E-state index is -0.204. The lowest BCUT2D eigenvalue weighted by atomic mass is 10.2. The first kappa shape index (κ1) is 13.4. The number of carbonyl (C=O) groups excluding carboxylic acids is 1. The molecule has 1 N–H and O–H groups in total. The van der Waals surface area contributed by atoms with Gasteiger partial charge in [0.2, 0.25) is 0 Å². The fraction of sp³-hybridized carbons (Fsp3) is 0.429. The van der Waals surface area contributed by atoms with Gasteiger partial charge in [-0.05, 0) is 30.7 Å². The first-order valence-corrected chi connectivity index (χ1v) is 6.38. The van der Waals surface area contributed by atoms with Crippen LogP contribution < -0.4 is 10.1 Å². The summed E-state index contributed by atoms with van der Waals surface area (Å²) in [6, 6.07) is 7.78. The van der Waals surface area contributed by atoms with E-state index in [-0.39, 0.29) is 5.97 Å². The van der Waals surface area contributed by atoms with Gasteiger partial charge in [0.1, 0.15) is 11.6 Å². The molecule has 1 aliphatic heterocycles. The standard InChI is InChI=1S/C14H18N2O3/c1-18-13(17)3-2-10-19-12-6-4-11(5-7-12)14-15-8-9-16-14/h4-7H,2-3,8-10H2,1H3,(H,15,16). The summed E-state index contributed by atoms with van der Waals surface area (Å²) in [5.41, 5.74) is 1.07. The molecular weight excluding hydrogens is 244 g/mol. The molecule has 5 heteroatoms. The molecule has 1 aromatic rings. The van der Waals surface area contributed by atoms with Crippen molar-refractivity contribution in [2.45, 2.75) is 12.8 Å². The van der Waals surface area contributed by atoms with Crippen LogP contribution in [0.3, 0.4) is 0 Å². The van der Waals surface area contributed by atoms with E-state index in [0.29, 0.717) is 19.4 Å². The second-order valence-corrected chi connectivity index (χ2v) is 4.21. The van der Waals surface area contributed by atoms with Gasteiger partial charge >= 0.3 is 5.97 Å². The zero-order valence-corrected chi connectivity index (χ0v) is 11.0. The minimum Gasteiger partial charge on any atom is -0.494 e. The van der Waals surface area contributed by atoms with Crippen molar-refractivity contribution in [3.05, 3.63) is 29.8 Å². The van der Waals surface area contributed by atoms with E-state index in [1.54, 1.807) is 0 Å². The second kappa shape index (κ2) is 6.78. The van der Waals surface area contributed by atoms with Gasteiger partial charge in [0, 0.05) is 18.5 Å². The Hall–Kier alpha value is -2.04. The molecule has 0 fully saturated rings. The van der Waals surface area contributed by atoms with Gasteiger partial charge in [0.25, 0.3) is 0 Å². The summed E-state index contributed by atoms with van der Waals surface area (Å²) >= 11 is 0. The number of hydrogen-bond donors (Lipinski definition) is 1. The van der Waals surface area contributed by atoms with Crippen molar-refractivity contribution >= 4 is 11.8 Å². The van der Waals surface area contributed by atoms with E-state index in [2.05, 4.69) is 15.0 Å². The van der Waals surface area contributed by atoms with Gasteiger partial charge in [-0.2, -0.15) is 0 Å². The molecule has 0 aromatic heterocycles. The van der Waals surface area contributed by atoms with Crippen LogP contribution in [0.15, 0.2) is 29.3 Å². The maximum Gasteiger partial charge on any atom is 0.305 e. The Balaban J connectivity index is 1.77. The first-order valence-electron chi connectivity index (χ1n) is 6.38. The number of rotatable bonds is 6. The fourth-order valence-electron chi connectivity index (χ4n) is 1.81. The molecular formula is C14H18N2O3. The lowest BCUT2D eigenvalue weighted by Gasteiger charge is -2.07. The van der Waals surface area contributed by atoms with Crippen molar-refractivity contribution in [2.75, 3.05) is 26.8 Å². The highest BCUT2D eigenvalue weighted by molar-refractivity contribution is 5.99. The van der Waals surface area contributed by atoms with Gasteiger partial charge in [0.05, 0.1) is 20.3 Å². The van der Waals surface area contributed by atoms with E-state index >= 15 is 0 Å². The highest BCUT2D eigenvalue weighted by Gasteiger charge is 2.07. The minimum absolute atomic E-state index is 0.204. The summed E-state index contributed by atoms with van der Waals surface area (Å²) in [6.07, 6.45) is 1.04. The number of aliphatic imine (C=N–C) groups is 1. The Morgan fingerprint density at radius 3 is 2.79 bits per heavy atom. The molecule has 0 amide bonds. The predicted molar refractivity (Wildman–Crippen MR) is 72.6 cm³/mol. The molecule has 19 heavy (non-hydrogen) atoms. The zero-order valence-electron chi connectivity index (χ0n) is 11.0. The molecule has 0 unspecified atom stereocenters. The maximum absolute atomic E-state index is 10.9. The van der Waals surface area contributed by atoms with Gasteiger partial charge in [-0.3, -0.25) is 9.79 Å². The predicted octanol–water partition coefficient (Wildman–Crippen LogP) is 1.37. The molecule has 0 atom stereocenters. The molecule has 0 bridgehead atoms. The number of ether oxygens (including phenoxy) is 2. The summed E-state index contributed by atoms with van der Waals surface area (Å²) in [5.74, 6) is 1.54. The van der Waals surface area contributed by atoms with Gasteiger partial charge in [-0.25, -0.2) is 0 Å². The summed E-state index contributed by atoms with van der Waals surface area (Å²) in [7, 11) is 1.39. The number of nitrogens with zero attached hydrogens (tertiary/aromatic N) is 1. The number of methoxy groups -OCH3 is 1. The molecule has 2 rings (SSSR count). The monoisotopic (exact) mass is 262 g/mol. The topological polar surface area (TPSA) is 59.9 Å². The van der Waals surface area contributed by atoms with Gasteiger partial charge in [-0.15, -0.1) is 0 Å². The number of hydrogen-bond acceptors (Lipinski definition) is 5. The summed E-state index contributed by atoms with van der Waals surface area (Å²) in [4.78, 5) is 15.3. The molecule has 5 nitrogen and oxygen atoms in total. The number of nitrogens with one attached hydrogen (secondary N) is 1. The fourth-order valence-corrected chi connectivity index (χ4v) is 1.81. The van der Waals surface area contributed by atoms with Crippen LogP contribution in [0.25, 0.3) is 0 Å². The van der Waals surface area contributed by atoms with Crippen LogP contribution in [0.1, 0.15) is 18.4 Å². The van der Waals surface area contributed by atoms with E-state index in [9.17, 15) is 4.79 Å². The van der Waals surface area contributed by atoms with Crippen molar-refractivity contribution in [3.8, 4) is 5.75 Å². The van der Waals surface area contributed by atoms with Gasteiger partial charge in [0.15, 0.2) is 0 Å². The van der Waals surface area contributed by atoms with Crippen molar-refractivity contribution < 1.29 is 14.3 Å². The van der Waals surface area contributed by atoms with E-state index in [1.807, 2.05) is 24.3 Å². The van der Waals surface area contributed by atoms with Crippen LogP contribution in [0.5, 0.6) is 5.75 Å². The normalized spacial score (nSPS) is 13.6. The van der Waals surface area contributed by atoms with Crippen molar-refractivity contribution in [1.29, 1.82) is 0 Å². The zero-order chi connectivity index (χ0) is 13.5. The lowest BCUT2D eigenvalue weighted by Crippen LogP contribution is -2.19. The average Bonchev–Trinajstić information content (AvgIpc) is 2.98. The quantitative estimate of drug-likeness (QED) is 0.621. The van der Waals surface area contributed by atoms with Crippen molar-refractivity contribution in [3.63, 3.8) is 0 Å². The Kier molecular flexibility index (Phi) is 4.78. The van der Waals surface area contributed by atoms with Gasteiger partial charge in [-0.1, -0.05) is 0 Å². The summed E-state index contributed by atoms with van der Waals surface area (Å²) in [5, 5.41) is 3.22. The number of amidine groups is 1. The summed E-state index contributed by atoms with van der Waals surface area (Å²) in [6.45, 7) is 2.25. The van der Waals surface area contributed by atoms with Crippen LogP contribution in [-0.4, -0.2) is 38.6 Å². The van der Waals surface area contributed by atoms with Gasteiger partial charge < -0.3 is 14.8 Å². The van der Waals surface area contributed by atoms with E-state index < -0.39 is 0 Å². The van der Waals surface area contributed by atoms with E-state index in [0.717, 1.165) is 30.2 Å². The molecule has 1 aliphatic rings. The van der Waals surface area contributed by atoms with E-state index in [1.165, 1.54) is 7.11 Å². The molecule has 102 valence electrons. The molecule has 0 saturated carbocycles. The van der Waals surface area contributed by atoms with Crippen LogP contribution in [-0.2, 0) is 9.53 Å². The lowest BCUT2D eigenvalue weighted by molar-refractivity contribution is -0.140. The third kappa shape index (κ3) is 3.98. The smallest absolute Gasteiger partial charge is 0.305 e. The third-order valence-electron chi connectivity index (χ3n) is 2.82. The molecule has 1 aromatic carbocycles. The molecule has 0 spiro atoms. The second-order valence-electron chi connectivity index (χ2n) is 4.21. The van der Waals surface area contributed by atoms with Crippen LogP contribution in [0.2, 0.25) is 0 Å². The molecule has 0 aliphatic carbocycles.